The maximum Gasteiger partial charge on any atom is 0.481 e. The summed E-state index contributed by atoms with van der Waals surface area (Å²) in [6, 6.07) is 0. The molecular weight excluding hydrogens is 660 g/mol. The zero-order valence-corrected chi connectivity index (χ0v) is 25.2. The van der Waals surface area contributed by atoms with Gasteiger partial charge in [0.25, 0.3) is 0 Å². The number of hydrogen-bond donors (Lipinski definition) is 7. The summed E-state index contributed by atoms with van der Waals surface area (Å²) in [6.07, 6.45) is -1.35. The van der Waals surface area contributed by atoms with E-state index in [-0.39, 0.29) is 17.8 Å². The van der Waals surface area contributed by atoms with E-state index in [0.29, 0.717) is 11.2 Å². The lowest BCUT2D eigenvalue weighted by molar-refractivity contribution is -0.114. The van der Waals surface area contributed by atoms with Gasteiger partial charge in [-0.15, -0.1) is 0 Å². The van der Waals surface area contributed by atoms with Crippen LogP contribution >= 0.6 is 15.6 Å². The number of amides is 1. The molecule has 21 nitrogen and oxygen atoms in total. The van der Waals surface area contributed by atoms with Crippen LogP contribution in [0.2, 0.25) is 0 Å². The van der Waals surface area contributed by atoms with Gasteiger partial charge in [0.05, 0.1) is 25.1 Å². The van der Waals surface area contributed by atoms with Crippen molar-refractivity contribution in [1.29, 1.82) is 0 Å². The summed E-state index contributed by atoms with van der Waals surface area (Å²) in [6.45, 7) is -1.58. The molecule has 6 heterocycles. The SMILES string of the molecule is NC(=O)C1=CN([C@@H]2O[C@H](COP(=O)(O)OP(=O)(O)OC[C@H]3O[C@@H](n4cnc5c4ncn4ccnc54)[C@H](O)[C@@H]3O)[C@@H](O)[C@H]2O)CC=C1. The van der Waals surface area contributed by atoms with E-state index in [0.717, 1.165) is 0 Å². The minimum Gasteiger partial charge on any atom is -0.387 e. The molecule has 0 aromatic carbocycles. The van der Waals surface area contributed by atoms with Crippen molar-refractivity contribution in [2.45, 2.75) is 49.1 Å². The van der Waals surface area contributed by atoms with Gasteiger partial charge in [0.2, 0.25) is 5.91 Å². The number of hydrogen-bond acceptors (Lipinski definition) is 16. The molecule has 46 heavy (non-hydrogen) atoms. The Morgan fingerprint density at radius 3 is 2.20 bits per heavy atom. The number of phosphoric ester groups is 2. The molecule has 0 bridgehead atoms. The Morgan fingerprint density at radius 2 is 1.54 bits per heavy atom. The maximum absolute atomic E-state index is 12.5. The first-order chi connectivity index (χ1) is 21.7. The van der Waals surface area contributed by atoms with Gasteiger partial charge < -0.3 is 50.3 Å². The van der Waals surface area contributed by atoms with Gasteiger partial charge in [0, 0.05) is 25.1 Å². The average molecular weight is 689 g/mol. The summed E-state index contributed by atoms with van der Waals surface area (Å²) in [5, 5.41) is 41.9. The first-order valence-electron chi connectivity index (χ1n) is 13.5. The molecule has 1 amide bonds. The molecule has 10 atom stereocenters. The standard InChI is InChI=1S/C23H29N7O14P2/c24-19(35)11-2-1-4-28(6-11)22-17(33)15(31)12(42-22)7-40-45(36,37)44-46(38,39)41-8-13-16(32)18(34)23(43-13)30-10-26-14-20-25-3-5-29(20)9-27-21(14)30/h1-3,5-6,9-10,12-13,15-18,22-23,31-34H,4,7-8H2,(H2,24,35)(H,36,37)(H,38,39)/t12-,13-,15-,16-,17-,18-,22-,23-/m1/s1. The van der Waals surface area contributed by atoms with Crippen molar-refractivity contribution in [2.24, 2.45) is 5.73 Å². The van der Waals surface area contributed by atoms with Gasteiger partial charge in [-0.05, 0) is 0 Å². The van der Waals surface area contributed by atoms with Gasteiger partial charge in [-0.2, -0.15) is 4.31 Å². The van der Waals surface area contributed by atoms with Crippen LogP contribution in [0.1, 0.15) is 6.23 Å². The Morgan fingerprint density at radius 1 is 0.913 bits per heavy atom. The lowest BCUT2D eigenvalue weighted by atomic mass is 10.1. The molecule has 3 aliphatic heterocycles. The number of nitrogens with two attached hydrogens (primary N) is 1. The third kappa shape index (κ3) is 6.38. The molecule has 0 spiro atoms. The number of aromatic nitrogens is 5. The summed E-state index contributed by atoms with van der Waals surface area (Å²) in [7, 11) is -10.7. The molecule has 0 radical (unpaired) electrons. The van der Waals surface area contributed by atoms with Crippen LogP contribution in [0.5, 0.6) is 0 Å². The average Bonchev–Trinajstić information content (AvgIpc) is 3.77. The Labute approximate surface area is 257 Å². The molecule has 2 saturated heterocycles. The van der Waals surface area contributed by atoms with Crippen LogP contribution in [0, 0.1) is 0 Å². The number of carbonyl (C=O) groups is 1. The van der Waals surface area contributed by atoms with Gasteiger partial charge >= 0.3 is 15.6 Å². The molecule has 6 rings (SSSR count). The second kappa shape index (κ2) is 12.5. The molecule has 8 N–H and O–H groups in total. The Balaban J connectivity index is 1.03. The molecule has 2 unspecified atom stereocenters. The quantitative estimate of drug-likeness (QED) is 0.104. The number of aliphatic hydroxyl groups excluding tert-OH is 4. The number of carbonyl (C=O) groups excluding carboxylic acids is 1. The lowest BCUT2D eigenvalue weighted by Crippen LogP contribution is -2.42. The van der Waals surface area contributed by atoms with Crippen LogP contribution in [-0.4, -0.2) is 128 Å². The second-order valence-electron chi connectivity index (χ2n) is 10.5. The topological polar surface area (TPSA) is 296 Å². The number of phosphoric acid groups is 2. The van der Waals surface area contributed by atoms with E-state index >= 15 is 0 Å². The fraction of sp³-hybridized carbons (Fsp3) is 0.478. The zero-order chi connectivity index (χ0) is 33.0. The third-order valence-electron chi connectivity index (χ3n) is 7.44. The van der Waals surface area contributed by atoms with E-state index in [9.17, 15) is 44.1 Å². The molecule has 2 fully saturated rings. The Kier molecular flexibility index (Phi) is 8.89. The Hall–Kier alpha value is -3.14. The number of primary amides is 1. The number of rotatable bonds is 11. The van der Waals surface area contributed by atoms with Gasteiger partial charge in [0.1, 0.15) is 43.0 Å². The predicted octanol–water partition coefficient (Wildman–Crippen LogP) is -2.36. The zero-order valence-electron chi connectivity index (χ0n) is 23.4. The minimum atomic E-state index is -5.36. The van der Waals surface area contributed by atoms with Crippen LogP contribution in [0.25, 0.3) is 16.8 Å². The predicted molar refractivity (Wildman–Crippen MR) is 149 cm³/mol. The molecule has 0 saturated carbocycles. The highest BCUT2D eigenvalue weighted by atomic mass is 31.3. The van der Waals surface area contributed by atoms with Crippen LogP contribution in [0.3, 0.4) is 0 Å². The fourth-order valence-electron chi connectivity index (χ4n) is 5.18. The monoisotopic (exact) mass is 689 g/mol. The lowest BCUT2D eigenvalue weighted by Gasteiger charge is -2.30. The van der Waals surface area contributed by atoms with E-state index in [1.165, 1.54) is 34.4 Å². The highest BCUT2D eigenvalue weighted by Crippen LogP contribution is 2.60. The van der Waals surface area contributed by atoms with Crippen molar-refractivity contribution in [2.75, 3.05) is 19.8 Å². The molecule has 3 aliphatic rings. The van der Waals surface area contributed by atoms with Gasteiger partial charge in [-0.25, -0.2) is 24.1 Å². The number of aliphatic hydroxyl groups is 4. The van der Waals surface area contributed by atoms with Crippen LogP contribution in [0.15, 0.2) is 49.0 Å². The van der Waals surface area contributed by atoms with Crippen molar-refractivity contribution in [3.05, 3.63) is 49.0 Å². The van der Waals surface area contributed by atoms with Crippen LogP contribution in [-0.2, 0) is 36.8 Å². The first-order valence-corrected chi connectivity index (χ1v) is 16.5. The van der Waals surface area contributed by atoms with Crippen molar-refractivity contribution >= 4 is 38.4 Å². The smallest absolute Gasteiger partial charge is 0.387 e. The minimum absolute atomic E-state index is 0.104. The van der Waals surface area contributed by atoms with Crippen molar-refractivity contribution in [3.8, 4) is 0 Å². The van der Waals surface area contributed by atoms with E-state index in [2.05, 4.69) is 19.3 Å². The second-order valence-corrected chi connectivity index (χ2v) is 13.5. The van der Waals surface area contributed by atoms with E-state index in [1.807, 2.05) is 0 Å². The fourth-order valence-corrected chi connectivity index (χ4v) is 7.27. The van der Waals surface area contributed by atoms with Crippen molar-refractivity contribution in [1.82, 2.24) is 28.8 Å². The largest absolute Gasteiger partial charge is 0.481 e. The number of fused-ring (bicyclic) bond motifs is 3. The molecule has 250 valence electrons. The van der Waals surface area contributed by atoms with E-state index in [4.69, 9.17) is 24.3 Å². The van der Waals surface area contributed by atoms with E-state index in [1.54, 1.807) is 22.9 Å². The number of imidazole rings is 2. The summed E-state index contributed by atoms with van der Waals surface area (Å²) >= 11 is 0. The Bertz CT molecular complexity index is 1780. The molecule has 3 aromatic rings. The number of ether oxygens (including phenoxy) is 2. The molecule has 23 heteroatoms. The van der Waals surface area contributed by atoms with Crippen molar-refractivity contribution in [3.63, 3.8) is 0 Å². The van der Waals surface area contributed by atoms with Gasteiger partial charge in [0.15, 0.2) is 29.3 Å². The third-order valence-corrected chi connectivity index (χ3v) is 10.0. The van der Waals surface area contributed by atoms with Gasteiger partial charge in [-0.1, -0.05) is 12.2 Å². The highest BCUT2D eigenvalue weighted by molar-refractivity contribution is 7.61. The van der Waals surface area contributed by atoms with Crippen molar-refractivity contribution < 1.29 is 67.0 Å². The molecular formula is C23H29N7O14P2. The highest BCUT2D eigenvalue weighted by Gasteiger charge is 2.48. The maximum atomic E-state index is 12.5. The molecule has 0 aliphatic carbocycles. The number of nitrogens with zero attached hydrogens (tertiary/aromatic N) is 6. The summed E-state index contributed by atoms with van der Waals surface area (Å²) in [4.78, 5) is 45.7. The summed E-state index contributed by atoms with van der Waals surface area (Å²) in [5.74, 6) is -0.742. The first kappa shape index (κ1) is 32.8. The van der Waals surface area contributed by atoms with Crippen LogP contribution < -0.4 is 5.73 Å². The van der Waals surface area contributed by atoms with E-state index < -0.39 is 83.8 Å². The summed E-state index contributed by atoms with van der Waals surface area (Å²) < 4.78 is 52.9. The summed E-state index contributed by atoms with van der Waals surface area (Å²) in [5.41, 5.74) is 6.49. The molecule has 3 aromatic heterocycles. The van der Waals surface area contributed by atoms with Gasteiger partial charge in [-0.3, -0.25) is 22.8 Å². The normalized spacial score (nSPS) is 32.6. The van der Waals surface area contributed by atoms with Crippen LogP contribution in [0.4, 0.5) is 0 Å².